The number of hydrogen-bond donors (Lipinski definition) is 1. The van der Waals surface area contributed by atoms with Gasteiger partial charge in [-0.15, -0.1) is 0 Å². The van der Waals surface area contributed by atoms with Crippen LogP contribution in [0, 0.1) is 6.92 Å². The number of nitrogens with two attached hydrogens (primary N) is 1. The zero-order chi connectivity index (χ0) is 15.0. The summed E-state index contributed by atoms with van der Waals surface area (Å²) in [5, 5.41) is 0. The fourth-order valence-electron chi connectivity index (χ4n) is 2.09. The average Bonchev–Trinajstić information content (AvgIpc) is 2.55. The lowest BCUT2D eigenvalue weighted by Gasteiger charge is -2.32. The molecule has 5 heteroatoms. The zero-order valence-corrected chi connectivity index (χ0v) is 12.9. The Hall–Kier alpha value is -1.17. The van der Waals surface area contributed by atoms with Crippen LogP contribution in [0.25, 0.3) is 6.08 Å². The topological polar surface area (TPSA) is 57.4 Å². The molecule has 4 nitrogen and oxygen atoms in total. The molecule has 2 N–H and O–H groups in total. The molecule has 2 heterocycles. The summed E-state index contributed by atoms with van der Waals surface area (Å²) >= 11 is 0. The van der Waals surface area contributed by atoms with Gasteiger partial charge in [0, 0.05) is 12.7 Å². The van der Waals surface area contributed by atoms with Gasteiger partial charge < -0.3 is 15.0 Å². The SMILES string of the molecule is Cc1cc(/C=C/B2OC(C)(C)C(C)(C)O2)cnc1CN. The van der Waals surface area contributed by atoms with E-state index in [1.807, 2.05) is 52.9 Å². The maximum atomic E-state index is 5.91. The van der Waals surface area contributed by atoms with Crippen LogP contribution in [0.15, 0.2) is 18.2 Å². The molecular weight excluding hydrogens is 251 g/mol. The zero-order valence-electron chi connectivity index (χ0n) is 12.9. The Labute approximate surface area is 121 Å². The summed E-state index contributed by atoms with van der Waals surface area (Å²) in [5.74, 6) is 1.93. The van der Waals surface area contributed by atoms with Crippen molar-refractivity contribution in [3.63, 3.8) is 0 Å². The monoisotopic (exact) mass is 274 g/mol. The van der Waals surface area contributed by atoms with E-state index in [-0.39, 0.29) is 18.3 Å². The number of rotatable bonds is 3. The molecular formula is C15H23BN2O2. The third-order valence-corrected chi connectivity index (χ3v) is 4.12. The van der Waals surface area contributed by atoms with Crippen molar-refractivity contribution in [3.8, 4) is 0 Å². The van der Waals surface area contributed by atoms with Crippen LogP contribution in [-0.4, -0.2) is 23.3 Å². The Morgan fingerprint density at radius 3 is 2.35 bits per heavy atom. The molecule has 0 aliphatic carbocycles. The maximum absolute atomic E-state index is 5.91. The van der Waals surface area contributed by atoms with Crippen molar-refractivity contribution in [1.29, 1.82) is 0 Å². The molecule has 108 valence electrons. The van der Waals surface area contributed by atoms with Crippen molar-refractivity contribution in [2.24, 2.45) is 5.73 Å². The van der Waals surface area contributed by atoms with Gasteiger partial charge in [-0.2, -0.15) is 0 Å². The van der Waals surface area contributed by atoms with E-state index in [0.717, 1.165) is 16.8 Å². The maximum Gasteiger partial charge on any atom is 0.487 e. The minimum Gasteiger partial charge on any atom is -0.400 e. The number of aromatic nitrogens is 1. The fourth-order valence-corrected chi connectivity index (χ4v) is 2.09. The van der Waals surface area contributed by atoms with E-state index in [4.69, 9.17) is 15.0 Å². The molecule has 1 aliphatic heterocycles. The van der Waals surface area contributed by atoms with Crippen LogP contribution in [0.3, 0.4) is 0 Å². The van der Waals surface area contributed by atoms with Crippen LogP contribution in [0.5, 0.6) is 0 Å². The standard InChI is InChI=1S/C15H23BN2O2/c1-11-8-12(10-18-13(11)9-17)6-7-16-19-14(2,3)15(4,5)20-16/h6-8,10H,9,17H2,1-5H3/b7-6+. The summed E-state index contributed by atoms with van der Waals surface area (Å²) < 4.78 is 11.8. The highest BCUT2D eigenvalue weighted by Crippen LogP contribution is 2.37. The lowest BCUT2D eigenvalue weighted by molar-refractivity contribution is 0.00578. The highest BCUT2D eigenvalue weighted by Gasteiger charge is 2.49. The summed E-state index contributed by atoms with van der Waals surface area (Å²) in [5.41, 5.74) is 8.05. The van der Waals surface area contributed by atoms with Gasteiger partial charge in [0.2, 0.25) is 0 Å². The normalized spacial score (nSPS) is 20.8. The van der Waals surface area contributed by atoms with Gasteiger partial charge in [0.05, 0.1) is 16.9 Å². The van der Waals surface area contributed by atoms with Crippen molar-refractivity contribution in [1.82, 2.24) is 4.98 Å². The molecule has 0 unspecified atom stereocenters. The minimum atomic E-state index is -0.325. The predicted molar refractivity (Wildman–Crippen MR) is 82.0 cm³/mol. The van der Waals surface area contributed by atoms with E-state index in [1.165, 1.54) is 0 Å². The Bertz CT molecular complexity index is 511. The van der Waals surface area contributed by atoms with E-state index in [2.05, 4.69) is 11.1 Å². The van der Waals surface area contributed by atoms with Crippen LogP contribution in [0.4, 0.5) is 0 Å². The first-order valence-electron chi connectivity index (χ1n) is 6.94. The molecule has 1 aliphatic rings. The Morgan fingerprint density at radius 2 is 1.85 bits per heavy atom. The molecule has 0 bridgehead atoms. The third-order valence-electron chi connectivity index (χ3n) is 4.12. The second-order valence-corrected chi connectivity index (χ2v) is 6.22. The molecule has 0 amide bonds. The molecule has 0 spiro atoms. The molecule has 1 fully saturated rings. The minimum absolute atomic E-state index is 0.306. The molecule has 1 saturated heterocycles. The summed E-state index contributed by atoms with van der Waals surface area (Å²) in [6, 6.07) is 2.07. The number of nitrogens with zero attached hydrogens (tertiary/aromatic N) is 1. The second-order valence-electron chi connectivity index (χ2n) is 6.22. The van der Waals surface area contributed by atoms with Crippen molar-refractivity contribution in [3.05, 3.63) is 35.1 Å². The number of hydrogen-bond acceptors (Lipinski definition) is 4. The molecule has 1 aromatic heterocycles. The van der Waals surface area contributed by atoms with Gasteiger partial charge in [-0.3, -0.25) is 4.98 Å². The number of pyridine rings is 1. The summed E-state index contributed by atoms with van der Waals surface area (Å²) in [6.07, 6.45) is 3.79. The Morgan fingerprint density at radius 1 is 1.25 bits per heavy atom. The molecule has 0 atom stereocenters. The highest BCUT2D eigenvalue weighted by molar-refractivity contribution is 6.52. The van der Waals surface area contributed by atoms with Gasteiger partial charge >= 0.3 is 7.12 Å². The van der Waals surface area contributed by atoms with E-state index in [9.17, 15) is 0 Å². The first kappa shape index (κ1) is 15.2. The van der Waals surface area contributed by atoms with Crippen LogP contribution < -0.4 is 5.73 Å². The Balaban J connectivity index is 2.10. The van der Waals surface area contributed by atoms with Crippen LogP contribution in [-0.2, 0) is 15.9 Å². The van der Waals surface area contributed by atoms with E-state index < -0.39 is 0 Å². The number of aryl methyl sites for hydroxylation is 1. The van der Waals surface area contributed by atoms with Crippen LogP contribution >= 0.6 is 0 Å². The second kappa shape index (κ2) is 5.32. The smallest absolute Gasteiger partial charge is 0.400 e. The van der Waals surface area contributed by atoms with Crippen molar-refractivity contribution in [2.45, 2.75) is 52.4 Å². The molecule has 0 saturated carbocycles. The molecule has 20 heavy (non-hydrogen) atoms. The Kier molecular flexibility index (Phi) is 4.05. The van der Waals surface area contributed by atoms with Crippen molar-refractivity contribution in [2.75, 3.05) is 0 Å². The van der Waals surface area contributed by atoms with Gasteiger partial charge in [-0.1, -0.05) is 12.1 Å². The summed E-state index contributed by atoms with van der Waals surface area (Å²) in [6.45, 7) is 10.7. The molecule has 1 aromatic rings. The van der Waals surface area contributed by atoms with Crippen LogP contribution in [0.2, 0.25) is 0 Å². The average molecular weight is 274 g/mol. The van der Waals surface area contributed by atoms with E-state index in [0.29, 0.717) is 6.54 Å². The largest absolute Gasteiger partial charge is 0.487 e. The van der Waals surface area contributed by atoms with Crippen LogP contribution in [0.1, 0.15) is 44.5 Å². The molecule has 0 aromatic carbocycles. The van der Waals surface area contributed by atoms with Gasteiger partial charge in [-0.25, -0.2) is 0 Å². The first-order chi connectivity index (χ1) is 9.25. The quantitative estimate of drug-likeness (QED) is 0.860. The van der Waals surface area contributed by atoms with Gasteiger partial charge in [0.1, 0.15) is 0 Å². The third kappa shape index (κ3) is 2.95. The predicted octanol–water partition coefficient (Wildman–Crippen LogP) is 2.49. The van der Waals surface area contributed by atoms with E-state index >= 15 is 0 Å². The molecule has 2 rings (SSSR count). The highest BCUT2D eigenvalue weighted by atomic mass is 16.7. The summed E-state index contributed by atoms with van der Waals surface area (Å²) in [4.78, 5) is 4.34. The van der Waals surface area contributed by atoms with Gasteiger partial charge in [0.15, 0.2) is 0 Å². The van der Waals surface area contributed by atoms with Crippen molar-refractivity contribution < 1.29 is 9.31 Å². The lowest BCUT2D eigenvalue weighted by atomic mass is 9.89. The molecule has 0 radical (unpaired) electrons. The van der Waals surface area contributed by atoms with E-state index in [1.54, 1.807) is 0 Å². The lowest BCUT2D eigenvalue weighted by Crippen LogP contribution is -2.41. The van der Waals surface area contributed by atoms with Gasteiger partial charge in [0.25, 0.3) is 0 Å². The summed E-state index contributed by atoms with van der Waals surface area (Å²) in [7, 11) is -0.325. The van der Waals surface area contributed by atoms with Crippen molar-refractivity contribution >= 4 is 13.2 Å². The van der Waals surface area contributed by atoms with Gasteiger partial charge in [-0.05, 0) is 51.8 Å². The first-order valence-corrected chi connectivity index (χ1v) is 6.94. The fraction of sp³-hybridized carbons (Fsp3) is 0.533.